The van der Waals surface area contributed by atoms with E-state index in [1.807, 2.05) is 0 Å². The summed E-state index contributed by atoms with van der Waals surface area (Å²) in [5.41, 5.74) is 1.99. The van der Waals surface area contributed by atoms with Gasteiger partial charge < -0.3 is 9.73 Å². The summed E-state index contributed by atoms with van der Waals surface area (Å²) in [5, 5.41) is 2.76. The van der Waals surface area contributed by atoms with Crippen LogP contribution in [0, 0.1) is 5.82 Å². The van der Waals surface area contributed by atoms with Crippen molar-refractivity contribution in [2.45, 2.75) is 12.7 Å². The van der Waals surface area contributed by atoms with E-state index in [-0.39, 0.29) is 11.3 Å². The molecular formula is C21H15F2N3O3. The lowest BCUT2D eigenvalue weighted by atomic mass is 10.0. The zero-order valence-corrected chi connectivity index (χ0v) is 15.0. The van der Waals surface area contributed by atoms with Gasteiger partial charge in [0.05, 0.1) is 11.6 Å². The Morgan fingerprint density at radius 2 is 1.97 bits per heavy atom. The molecule has 0 saturated carbocycles. The van der Waals surface area contributed by atoms with Crippen molar-refractivity contribution in [1.29, 1.82) is 0 Å². The topological polar surface area (TPSA) is 88.0 Å². The average Bonchev–Trinajstić information content (AvgIpc) is 3.12. The third-order valence-corrected chi connectivity index (χ3v) is 4.48. The molecule has 0 unspecified atom stereocenters. The van der Waals surface area contributed by atoms with E-state index < -0.39 is 30.2 Å². The lowest BCUT2D eigenvalue weighted by Gasteiger charge is -2.19. The number of carbonyl (C=O) groups excluding carboxylic acids is 1. The van der Waals surface area contributed by atoms with E-state index in [0.717, 1.165) is 0 Å². The second-order valence-corrected chi connectivity index (χ2v) is 6.38. The van der Waals surface area contributed by atoms with Gasteiger partial charge in [-0.05, 0) is 41.5 Å². The van der Waals surface area contributed by atoms with Gasteiger partial charge in [0, 0.05) is 11.8 Å². The average molecular weight is 395 g/mol. The van der Waals surface area contributed by atoms with Gasteiger partial charge in [0.2, 0.25) is 0 Å². The summed E-state index contributed by atoms with van der Waals surface area (Å²) in [6.45, 7) is -0.627. The lowest BCUT2D eigenvalue weighted by molar-refractivity contribution is 0.0942. The van der Waals surface area contributed by atoms with Crippen molar-refractivity contribution in [1.82, 2.24) is 15.3 Å². The van der Waals surface area contributed by atoms with Crippen LogP contribution in [-0.4, -0.2) is 15.9 Å². The zero-order chi connectivity index (χ0) is 20.4. The minimum atomic E-state index is -0.892. The molecule has 0 bridgehead atoms. The van der Waals surface area contributed by atoms with E-state index in [9.17, 15) is 18.4 Å². The van der Waals surface area contributed by atoms with E-state index in [0.29, 0.717) is 22.2 Å². The number of oxazole rings is 1. The van der Waals surface area contributed by atoms with Crippen LogP contribution in [0.2, 0.25) is 0 Å². The summed E-state index contributed by atoms with van der Waals surface area (Å²) < 4.78 is 32.2. The van der Waals surface area contributed by atoms with Crippen LogP contribution in [0.3, 0.4) is 0 Å². The minimum Gasteiger partial charge on any atom is -0.408 e. The molecule has 146 valence electrons. The summed E-state index contributed by atoms with van der Waals surface area (Å²) in [6, 6.07) is 12.6. The second kappa shape index (κ2) is 7.67. The number of fused-ring (bicyclic) bond motifs is 1. The first kappa shape index (κ1) is 18.5. The first-order valence-corrected chi connectivity index (χ1v) is 8.74. The van der Waals surface area contributed by atoms with Crippen LogP contribution >= 0.6 is 0 Å². The molecular weight excluding hydrogens is 380 g/mol. The van der Waals surface area contributed by atoms with Crippen LogP contribution in [0.15, 0.2) is 70.0 Å². The molecule has 0 aliphatic heterocycles. The number of alkyl halides is 1. The highest BCUT2D eigenvalue weighted by Crippen LogP contribution is 2.24. The molecule has 4 aromatic rings. The fraction of sp³-hybridized carbons (Fsp3) is 0.0952. The molecule has 2 aromatic carbocycles. The predicted molar refractivity (Wildman–Crippen MR) is 102 cm³/mol. The number of amides is 1. The van der Waals surface area contributed by atoms with E-state index >= 15 is 0 Å². The largest absolute Gasteiger partial charge is 0.417 e. The predicted octanol–water partition coefficient (Wildman–Crippen LogP) is 3.64. The number of nitrogens with one attached hydrogen (secondary N) is 2. The number of rotatable bonds is 5. The monoisotopic (exact) mass is 395 g/mol. The second-order valence-electron chi connectivity index (χ2n) is 6.38. The highest BCUT2D eigenvalue weighted by Gasteiger charge is 2.22. The van der Waals surface area contributed by atoms with Gasteiger partial charge in [0.25, 0.3) is 5.91 Å². The number of hydrogen-bond acceptors (Lipinski definition) is 4. The van der Waals surface area contributed by atoms with Gasteiger partial charge in [-0.25, -0.2) is 13.6 Å². The number of carbonyl (C=O) groups is 1. The molecule has 6 nitrogen and oxygen atoms in total. The van der Waals surface area contributed by atoms with Crippen LogP contribution in [0.5, 0.6) is 0 Å². The Bertz CT molecular complexity index is 1230. The summed E-state index contributed by atoms with van der Waals surface area (Å²) in [7, 11) is 0. The van der Waals surface area contributed by atoms with E-state index in [1.54, 1.807) is 24.3 Å². The molecule has 8 heteroatoms. The summed E-state index contributed by atoms with van der Waals surface area (Å²) in [6.07, 6.45) is 1.43. The number of nitrogens with zero attached hydrogens (tertiary/aromatic N) is 1. The molecule has 2 N–H and O–H groups in total. The van der Waals surface area contributed by atoms with Crippen molar-refractivity contribution in [3.05, 3.63) is 99.5 Å². The van der Waals surface area contributed by atoms with Crippen molar-refractivity contribution in [3.63, 3.8) is 0 Å². The SMILES string of the molecule is O=C(N[C@@H](c1ccc(CF)cc1)c1ncccc1F)c1ccc2oc(=O)[nH]c2c1. The molecule has 2 aromatic heterocycles. The molecule has 0 aliphatic carbocycles. The minimum absolute atomic E-state index is 0.0339. The fourth-order valence-corrected chi connectivity index (χ4v) is 3.03. The molecule has 0 saturated heterocycles. The van der Waals surface area contributed by atoms with Gasteiger partial charge in [-0.2, -0.15) is 0 Å². The summed E-state index contributed by atoms with van der Waals surface area (Å²) >= 11 is 0. The Hall–Kier alpha value is -3.81. The molecule has 0 radical (unpaired) electrons. The Labute approximate surface area is 163 Å². The molecule has 1 amide bonds. The third-order valence-electron chi connectivity index (χ3n) is 4.48. The van der Waals surface area contributed by atoms with Gasteiger partial charge >= 0.3 is 5.76 Å². The maximum atomic E-state index is 14.4. The van der Waals surface area contributed by atoms with Gasteiger partial charge in [0.1, 0.15) is 18.2 Å². The maximum Gasteiger partial charge on any atom is 0.417 e. The number of aromatic nitrogens is 2. The third kappa shape index (κ3) is 3.77. The van der Waals surface area contributed by atoms with Crippen molar-refractivity contribution >= 4 is 17.0 Å². The molecule has 0 spiro atoms. The van der Waals surface area contributed by atoms with Crippen LogP contribution in [-0.2, 0) is 6.67 Å². The van der Waals surface area contributed by atoms with E-state index in [1.165, 1.54) is 36.5 Å². The van der Waals surface area contributed by atoms with Crippen LogP contribution in [0.1, 0.15) is 33.2 Å². The molecule has 29 heavy (non-hydrogen) atoms. The zero-order valence-electron chi connectivity index (χ0n) is 15.0. The number of benzene rings is 2. The number of aromatic amines is 1. The summed E-state index contributed by atoms with van der Waals surface area (Å²) in [5.74, 6) is -1.71. The lowest BCUT2D eigenvalue weighted by Crippen LogP contribution is -2.30. The maximum absolute atomic E-state index is 14.4. The van der Waals surface area contributed by atoms with Crippen LogP contribution in [0.4, 0.5) is 8.78 Å². The Kier molecular flexibility index (Phi) is 4.90. The van der Waals surface area contributed by atoms with E-state index in [2.05, 4.69) is 15.3 Å². The Morgan fingerprint density at radius 3 is 2.69 bits per heavy atom. The number of halogens is 2. The van der Waals surface area contributed by atoms with Gasteiger partial charge in [-0.1, -0.05) is 24.3 Å². The van der Waals surface area contributed by atoms with Crippen molar-refractivity contribution < 1.29 is 18.0 Å². The first-order chi connectivity index (χ1) is 14.0. The smallest absolute Gasteiger partial charge is 0.408 e. The van der Waals surface area contributed by atoms with Crippen molar-refractivity contribution in [2.75, 3.05) is 0 Å². The number of hydrogen-bond donors (Lipinski definition) is 2. The summed E-state index contributed by atoms with van der Waals surface area (Å²) in [4.78, 5) is 30.7. The van der Waals surface area contributed by atoms with Crippen molar-refractivity contribution in [3.8, 4) is 0 Å². The Balaban J connectivity index is 1.70. The van der Waals surface area contributed by atoms with Crippen LogP contribution < -0.4 is 11.1 Å². The molecule has 2 heterocycles. The number of H-pyrrole nitrogens is 1. The van der Waals surface area contributed by atoms with Gasteiger partial charge in [-0.3, -0.25) is 14.8 Å². The van der Waals surface area contributed by atoms with Crippen LogP contribution in [0.25, 0.3) is 11.1 Å². The molecule has 0 fully saturated rings. The fourth-order valence-electron chi connectivity index (χ4n) is 3.03. The quantitative estimate of drug-likeness (QED) is 0.540. The van der Waals surface area contributed by atoms with Gasteiger partial charge in [0.15, 0.2) is 5.58 Å². The molecule has 0 aliphatic rings. The first-order valence-electron chi connectivity index (χ1n) is 8.74. The van der Waals surface area contributed by atoms with E-state index in [4.69, 9.17) is 4.42 Å². The molecule has 4 rings (SSSR count). The standard InChI is InChI=1S/C21H15F2N3O3/c22-11-12-3-5-13(6-4-12)18(19-15(23)2-1-9-24-19)26-20(27)14-7-8-17-16(10-14)25-21(28)29-17/h1-10,18H,11H2,(H,25,28)(H,26,27)/t18-/m0/s1. The van der Waals surface area contributed by atoms with Crippen molar-refractivity contribution in [2.24, 2.45) is 0 Å². The molecule has 1 atom stereocenters. The normalized spacial score (nSPS) is 12.1. The number of pyridine rings is 1. The highest BCUT2D eigenvalue weighted by molar-refractivity contribution is 5.97. The van der Waals surface area contributed by atoms with Gasteiger partial charge in [-0.15, -0.1) is 0 Å². The Morgan fingerprint density at radius 1 is 1.17 bits per heavy atom. The highest BCUT2D eigenvalue weighted by atomic mass is 19.1.